The minimum atomic E-state index is 0.540. The second-order valence-electron chi connectivity index (χ2n) is 3.61. The van der Waals surface area contributed by atoms with E-state index in [1.807, 2.05) is 12.3 Å². The van der Waals surface area contributed by atoms with Gasteiger partial charge in [0.15, 0.2) is 0 Å². The fraction of sp³-hybridized carbons (Fsp3) is 0.545. The van der Waals surface area contributed by atoms with E-state index in [9.17, 15) is 0 Å². The molecule has 72 valence electrons. The molecule has 0 saturated carbocycles. The lowest BCUT2D eigenvalue weighted by Crippen LogP contribution is -2.13. The molecule has 0 saturated heterocycles. The number of nitrogens with zero attached hydrogens (tertiary/aromatic N) is 2. The van der Waals surface area contributed by atoms with Crippen molar-refractivity contribution in [3.63, 3.8) is 0 Å². The second-order valence-corrected chi connectivity index (χ2v) is 3.61. The first-order chi connectivity index (χ1) is 6.16. The van der Waals surface area contributed by atoms with Gasteiger partial charge in [0, 0.05) is 26.2 Å². The lowest BCUT2D eigenvalue weighted by molar-refractivity contribution is 0.706. The summed E-state index contributed by atoms with van der Waals surface area (Å²) in [5.74, 6) is 0.540. The van der Waals surface area contributed by atoms with Crippen molar-refractivity contribution < 1.29 is 0 Å². The SMILES string of the molecule is CCC(C)c1ncccc1N(C)C. The zero-order valence-corrected chi connectivity index (χ0v) is 8.91. The van der Waals surface area contributed by atoms with Crippen LogP contribution in [-0.2, 0) is 0 Å². The fourth-order valence-corrected chi connectivity index (χ4v) is 1.36. The van der Waals surface area contributed by atoms with E-state index in [4.69, 9.17) is 0 Å². The van der Waals surface area contributed by atoms with Crippen LogP contribution in [0.4, 0.5) is 5.69 Å². The molecule has 1 aromatic heterocycles. The summed E-state index contributed by atoms with van der Waals surface area (Å²) in [6.07, 6.45) is 3.01. The van der Waals surface area contributed by atoms with Gasteiger partial charge in [-0.3, -0.25) is 4.98 Å². The van der Waals surface area contributed by atoms with Gasteiger partial charge in [0.25, 0.3) is 0 Å². The molecule has 1 unspecified atom stereocenters. The Labute approximate surface area is 80.6 Å². The van der Waals surface area contributed by atoms with Crippen LogP contribution in [0.25, 0.3) is 0 Å². The summed E-state index contributed by atoms with van der Waals surface area (Å²) in [6.45, 7) is 4.41. The van der Waals surface area contributed by atoms with Crippen LogP contribution in [0.1, 0.15) is 31.9 Å². The Kier molecular flexibility index (Phi) is 3.29. The average Bonchev–Trinajstić information content (AvgIpc) is 2.16. The lowest BCUT2D eigenvalue weighted by atomic mass is 10.0. The molecule has 13 heavy (non-hydrogen) atoms. The highest BCUT2D eigenvalue weighted by molar-refractivity contribution is 5.50. The zero-order chi connectivity index (χ0) is 9.84. The number of rotatable bonds is 3. The minimum Gasteiger partial charge on any atom is -0.376 e. The predicted octanol–water partition coefficient (Wildman–Crippen LogP) is 2.66. The number of hydrogen-bond acceptors (Lipinski definition) is 2. The van der Waals surface area contributed by atoms with Gasteiger partial charge in [-0.1, -0.05) is 13.8 Å². The van der Waals surface area contributed by atoms with Crippen LogP contribution in [0.3, 0.4) is 0 Å². The van der Waals surface area contributed by atoms with Crippen LogP contribution >= 0.6 is 0 Å². The van der Waals surface area contributed by atoms with Crippen molar-refractivity contribution in [2.75, 3.05) is 19.0 Å². The number of pyridine rings is 1. The maximum Gasteiger partial charge on any atom is 0.0664 e. The van der Waals surface area contributed by atoms with Crippen LogP contribution in [-0.4, -0.2) is 19.1 Å². The highest BCUT2D eigenvalue weighted by Crippen LogP contribution is 2.25. The molecule has 1 aromatic rings. The average molecular weight is 178 g/mol. The molecule has 0 fully saturated rings. The molecule has 0 aliphatic rings. The van der Waals surface area contributed by atoms with E-state index in [1.54, 1.807) is 0 Å². The standard InChI is InChI=1S/C11H18N2/c1-5-9(2)11-10(13(3)4)7-6-8-12-11/h6-9H,5H2,1-4H3. The first-order valence-corrected chi connectivity index (χ1v) is 4.79. The maximum atomic E-state index is 4.43. The molecular weight excluding hydrogens is 160 g/mol. The molecule has 2 heteroatoms. The molecular formula is C11H18N2. The summed E-state index contributed by atoms with van der Waals surface area (Å²) in [7, 11) is 4.12. The Bertz CT molecular complexity index is 269. The van der Waals surface area contributed by atoms with Gasteiger partial charge in [-0.05, 0) is 18.6 Å². The third-order valence-electron chi connectivity index (χ3n) is 2.38. The summed E-state index contributed by atoms with van der Waals surface area (Å²) in [4.78, 5) is 6.55. The fourth-order valence-electron chi connectivity index (χ4n) is 1.36. The largest absolute Gasteiger partial charge is 0.376 e. The summed E-state index contributed by atoms with van der Waals surface area (Å²) < 4.78 is 0. The van der Waals surface area contributed by atoms with E-state index in [-0.39, 0.29) is 0 Å². The smallest absolute Gasteiger partial charge is 0.0664 e. The molecule has 1 rings (SSSR count). The van der Waals surface area contributed by atoms with Crippen LogP contribution < -0.4 is 4.90 Å². The van der Waals surface area contributed by atoms with Gasteiger partial charge in [0.2, 0.25) is 0 Å². The van der Waals surface area contributed by atoms with E-state index in [0.29, 0.717) is 5.92 Å². The van der Waals surface area contributed by atoms with Gasteiger partial charge in [0.1, 0.15) is 0 Å². The van der Waals surface area contributed by atoms with E-state index in [0.717, 1.165) is 6.42 Å². The summed E-state index contributed by atoms with van der Waals surface area (Å²) in [5.41, 5.74) is 2.44. The Morgan fingerprint density at radius 2 is 2.15 bits per heavy atom. The summed E-state index contributed by atoms with van der Waals surface area (Å²) >= 11 is 0. The Balaban J connectivity index is 3.04. The molecule has 1 heterocycles. The number of hydrogen-bond donors (Lipinski definition) is 0. The Hall–Kier alpha value is -1.05. The zero-order valence-electron chi connectivity index (χ0n) is 8.91. The third-order valence-corrected chi connectivity index (χ3v) is 2.38. The van der Waals surface area contributed by atoms with Gasteiger partial charge in [0.05, 0.1) is 11.4 Å². The van der Waals surface area contributed by atoms with Crippen LogP contribution in [0, 0.1) is 0 Å². The summed E-state index contributed by atoms with van der Waals surface area (Å²) in [6, 6.07) is 4.11. The van der Waals surface area contributed by atoms with Crippen molar-refractivity contribution in [1.82, 2.24) is 4.98 Å². The minimum absolute atomic E-state index is 0.540. The van der Waals surface area contributed by atoms with Crippen LogP contribution in [0.2, 0.25) is 0 Å². The summed E-state index contributed by atoms with van der Waals surface area (Å²) in [5, 5.41) is 0. The Morgan fingerprint density at radius 3 is 2.69 bits per heavy atom. The molecule has 0 aliphatic carbocycles. The quantitative estimate of drug-likeness (QED) is 0.707. The van der Waals surface area contributed by atoms with Crippen molar-refractivity contribution >= 4 is 5.69 Å². The van der Waals surface area contributed by atoms with Crippen molar-refractivity contribution in [1.29, 1.82) is 0 Å². The Morgan fingerprint density at radius 1 is 1.46 bits per heavy atom. The van der Waals surface area contributed by atoms with Gasteiger partial charge in [-0.15, -0.1) is 0 Å². The van der Waals surface area contributed by atoms with E-state index in [1.165, 1.54) is 11.4 Å². The number of aromatic nitrogens is 1. The predicted molar refractivity (Wildman–Crippen MR) is 57.3 cm³/mol. The monoisotopic (exact) mass is 178 g/mol. The van der Waals surface area contributed by atoms with E-state index in [2.05, 4.69) is 43.9 Å². The molecule has 0 N–H and O–H groups in total. The van der Waals surface area contributed by atoms with Crippen LogP contribution in [0.5, 0.6) is 0 Å². The molecule has 0 radical (unpaired) electrons. The molecule has 0 aromatic carbocycles. The normalized spacial score (nSPS) is 12.6. The molecule has 0 bridgehead atoms. The van der Waals surface area contributed by atoms with Crippen LogP contribution in [0.15, 0.2) is 18.3 Å². The van der Waals surface area contributed by atoms with Gasteiger partial charge >= 0.3 is 0 Å². The van der Waals surface area contributed by atoms with Crippen molar-refractivity contribution in [3.05, 3.63) is 24.0 Å². The first-order valence-electron chi connectivity index (χ1n) is 4.79. The highest BCUT2D eigenvalue weighted by atomic mass is 15.1. The van der Waals surface area contributed by atoms with Gasteiger partial charge < -0.3 is 4.90 Å². The van der Waals surface area contributed by atoms with E-state index < -0.39 is 0 Å². The van der Waals surface area contributed by atoms with Crippen molar-refractivity contribution in [3.8, 4) is 0 Å². The molecule has 0 aliphatic heterocycles. The molecule has 0 amide bonds. The van der Waals surface area contributed by atoms with E-state index >= 15 is 0 Å². The first kappa shape index (κ1) is 10.0. The molecule has 1 atom stereocenters. The maximum absolute atomic E-state index is 4.43. The van der Waals surface area contributed by atoms with Gasteiger partial charge in [-0.25, -0.2) is 0 Å². The molecule has 2 nitrogen and oxygen atoms in total. The number of anilines is 1. The van der Waals surface area contributed by atoms with Crippen molar-refractivity contribution in [2.45, 2.75) is 26.2 Å². The second kappa shape index (κ2) is 4.26. The topological polar surface area (TPSA) is 16.1 Å². The van der Waals surface area contributed by atoms with Crippen molar-refractivity contribution in [2.24, 2.45) is 0 Å². The lowest BCUT2D eigenvalue weighted by Gasteiger charge is -2.19. The third kappa shape index (κ3) is 2.20. The van der Waals surface area contributed by atoms with Gasteiger partial charge in [-0.2, -0.15) is 0 Å². The highest BCUT2D eigenvalue weighted by Gasteiger charge is 2.10. The molecule has 0 spiro atoms.